The first-order chi connectivity index (χ1) is 6.36. The van der Waals surface area contributed by atoms with E-state index in [-0.39, 0.29) is 0 Å². The van der Waals surface area contributed by atoms with E-state index in [0.29, 0.717) is 5.88 Å². The van der Waals surface area contributed by atoms with E-state index in [1.165, 1.54) is 5.56 Å². The molecule has 1 aromatic rings. The van der Waals surface area contributed by atoms with E-state index in [1.54, 1.807) is 0 Å². The third-order valence-corrected chi connectivity index (χ3v) is 1.98. The highest BCUT2D eigenvalue weighted by Crippen LogP contribution is 2.09. The summed E-state index contributed by atoms with van der Waals surface area (Å²) in [7, 11) is 0. The van der Waals surface area contributed by atoms with Gasteiger partial charge in [-0.15, -0.1) is 18.2 Å². The Bertz CT molecular complexity index is 253. The Hall–Kier alpha value is -0.950. The maximum atomic E-state index is 5.63. The molecule has 13 heavy (non-hydrogen) atoms. The highest BCUT2D eigenvalue weighted by atomic mass is 35.5. The number of aryl methyl sites for hydroxylation is 1. The lowest BCUT2D eigenvalue weighted by molar-refractivity contribution is 1.15. The number of hydrogen-bond acceptors (Lipinski definition) is 1. The van der Waals surface area contributed by atoms with Gasteiger partial charge in [-0.1, -0.05) is 18.2 Å². The molecule has 0 saturated heterocycles. The fraction of sp³-hybridized carbons (Fsp3) is 0.273. The highest BCUT2D eigenvalue weighted by Gasteiger charge is 1.92. The predicted molar refractivity (Wildman–Crippen MR) is 59.6 cm³/mol. The molecule has 0 aromatic heterocycles. The van der Waals surface area contributed by atoms with E-state index in [2.05, 4.69) is 36.2 Å². The van der Waals surface area contributed by atoms with Crippen LogP contribution in [0.2, 0.25) is 0 Å². The van der Waals surface area contributed by atoms with Gasteiger partial charge in [-0.2, -0.15) is 0 Å². The Labute approximate surface area is 84.4 Å². The van der Waals surface area contributed by atoms with Gasteiger partial charge >= 0.3 is 0 Å². The number of benzene rings is 1. The summed E-state index contributed by atoms with van der Waals surface area (Å²) in [5.74, 6) is 0.680. The molecule has 0 aliphatic carbocycles. The number of nitrogens with one attached hydrogen (secondary N) is 1. The molecule has 0 atom stereocenters. The molecule has 1 N–H and O–H groups in total. The fourth-order valence-electron chi connectivity index (χ4n) is 1.09. The van der Waals surface area contributed by atoms with Crippen LogP contribution in [0.1, 0.15) is 5.56 Å². The summed E-state index contributed by atoms with van der Waals surface area (Å²) in [6.07, 6.45) is 2.77. The van der Waals surface area contributed by atoms with Crippen molar-refractivity contribution in [3.63, 3.8) is 0 Å². The van der Waals surface area contributed by atoms with Gasteiger partial charge in [-0.3, -0.25) is 0 Å². The molecule has 0 saturated carbocycles. The molecule has 0 radical (unpaired) electrons. The van der Waals surface area contributed by atoms with Gasteiger partial charge in [0.2, 0.25) is 0 Å². The zero-order valence-electron chi connectivity index (χ0n) is 7.59. The third kappa shape index (κ3) is 3.51. The smallest absolute Gasteiger partial charge is 0.0342 e. The molecule has 2 heteroatoms. The molecule has 1 rings (SSSR count). The largest absolute Gasteiger partial charge is 0.382 e. The van der Waals surface area contributed by atoms with Crippen molar-refractivity contribution >= 4 is 17.3 Å². The van der Waals surface area contributed by atoms with Gasteiger partial charge in [-0.05, 0) is 24.1 Å². The maximum absolute atomic E-state index is 5.63. The lowest BCUT2D eigenvalue weighted by Crippen LogP contribution is -1.97. The predicted octanol–water partition coefficient (Wildman–Crippen LogP) is 3.07. The quantitative estimate of drug-likeness (QED) is 0.563. The van der Waals surface area contributed by atoms with E-state index in [9.17, 15) is 0 Å². The van der Waals surface area contributed by atoms with Crippen molar-refractivity contribution in [1.29, 1.82) is 0 Å². The Balaban J connectivity index is 2.53. The first kappa shape index (κ1) is 10.1. The standard InChI is InChI=1S/C11H14ClN/c1-2-9-13-11-5-3-10(4-6-11)7-8-12/h2-6,13H,1,7-9H2. The zero-order valence-corrected chi connectivity index (χ0v) is 8.35. The fourth-order valence-corrected chi connectivity index (χ4v) is 1.31. The van der Waals surface area contributed by atoms with Crippen LogP contribution in [-0.2, 0) is 6.42 Å². The molecule has 70 valence electrons. The summed E-state index contributed by atoms with van der Waals surface area (Å²) in [5, 5.41) is 3.21. The molecule has 1 aromatic carbocycles. The molecule has 0 spiro atoms. The summed E-state index contributed by atoms with van der Waals surface area (Å²) in [6, 6.07) is 8.30. The van der Waals surface area contributed by atoms with Crippen LogP contribution >= 0.6 is 11.6 Å². The minimum atomic E-state index is 0.680. The molecule has 0 aliphatic rings. The van der Waals surface area contributed by atoms with Gasteiger partial charge in [0.05, 0.1) is 0 Å². The maximum Gasteiger partial charge on any atom is 0.0342 e. The van der Waals surface area contributed by atoms with Gasteiger partial charge in [0, 0.05) is 18.1 Å². The summed E-state index contributed by atoms with van der Waals surface area (Å²) >= 11 is 5.63. The average molecular weight is 196 g/mol. The summed E-state index contributed by atoms with van der Waals surface area (Å²) in [4.78, 5) is 0. The summed E-state index contributed by atoms with van der Waals surface area (Å²) < 4.78 is 0. The first-order valence-electron chi connectivity index (χ1n) is 4.36. The van der Waals surface area contributed by atoms with E-state index in [1.807, 2.05) is 6.08 Å². The van der Waals surface area contributed by atoms with Gasteiger partial charge < -0.3 is 5.32 Å². The normalized spacial score (nSPS) is 9.62. The highest BCUT2D eigenvalue weighted by molar-refractivity contribution is 6.17. The second kappa shape index (κ2) is 5.65. The molecular formula is C11H14ClN. The molecule has 0 unspecified atom stereocenters. The van der Waals surface area contributed by atoms with Crippen LogP contribution in [0.5, 0.6) is 0 Å². The van der Waals surface area contributed by atoms with Gasteiger partial charge in [0.25, 0.3) is 0 Å². The minimum Gasteiger partial charge on any atom is -0.382 e. The monoisotopic (exact) mass is 195 g/mol. The second-order valence-electron chi connectivity index (χ2n) is 2.81. The van der Waals surface area contributed by atoms with Gasteiger partial charge in [0.1, 0.15) is 0 Å². The van der Waals surface area contributed by atoms with Crippen LogP contribution in [0.3, 0.4) is 0 Å². The van der Waals surface area contributed by atoms with Crippen molar-refractivity contribution in [2.24, 2.45) is 0 Å². The van der Waals surface area contributed by atoms with E-state index < -0.39 is 0 Å². The second-order valence-corrected chi connectivity index (χ2v) is 3.18. The SMILES string of the molecule is C=CCNc1ccc(CCCl)cc1. The van der Waals surface area contributed by atoms with Crippen molar-refractivity contribution in [2.45, 2.75) is 6.42 Å². The molecule has 1 nitrogen and oxygen atoms in total. The average Bonchev–Trinajstić information content (AvgIpc) is 2.17. The number of anilines is 1. The van der Waals surface area contributed by atoms with E-state index in [0.717, 1.165) is 18.7 Å². The number of halogens is 1. The molecule has 0 amide bonds. The number of rotatable bonds is 5. The van der Waals surface area contributed by atoms with E-state index in [4.69, 9.17) is 11.6 Å². The van der Waals surface area contributed by atoms with Crippen LogP contribution < -0.4 is 5.32 Å². The third-order valence-electron chi connectivity index (χ3n) is 1.79. The van der Waals surface area contributed by atoms with Gasteiger partial charge in [0.15, 0.2) is 0 Å². The van der Waals surface area contributed by atoms with Crippen LogP contribution in [0.4, 0.5) is 5.69 Å². The van der Waals surface area contributed by atoms with Gasteiger partial charge in [-0.25, -0.2) is 0 Å². The molecule has 0 fully saturated rings. The van der Waals surface area contributed by atoms with Crippen LogP contribution in [0, 0.1) is 0 Å². The Morgan fingerprint density at radius 2 is 2.00 bits per heavy atom. The topological polar surface area (TPSA) is 12.0 Å². The lowest BCUT2D eigenvalue weighted by Gasteiger charge is -2.03. The van der Waals surface area contributed by atoms with Crippen LogP contribution in [-0.4, -0.2) is 12.4 Å². The zero-order chi connectivity index (χ0) is 9.52. The minimum absolute atomic E-state index is 0.680. The van der Waals surface area contributed by atoms with Crippen molar-refractivity contribution in [1.82, 2.24) is 0 Å². The number of alkyl halides is 1. The van der Waals surface area contributed by atoms with Crippen molar-refractivity contribution in [3.8, 4) is 0 Å². The summed E-state index contributed by atoms with van der Waals surface area (Å²) in [6.45, 7) is 4.44. The Kier molecular flexibility index (Phi) is 4.41. The molecular weight excluding hydrogens is 182 g/mol. The molecule has 0 heterocycles. The van der Waals surface area contributed by atoms with Crippen LogP contribution in [0.25, 0.3) is 0 Å². The Morgan fingerprint density at radius 3 is 2.54 bits per heavy atom. The molecule has 0 aliphatic heterocycles. The van der Waals surface area contributed by atoms with Crippen molar-refractivity contribution < 1.29 is 0 Å². The van der Waals surface area contributed by atoms with Crippen molar-refractivity contribution in [2.75, 3.05) is 17.7 Å². The molecule has 0 bridgehead atoms. The van der Waals surface area contributed by atoms with Crippen LogP contribution in [0.15, 0.2) is 36.9 Å². The Morgan fingerprint density at radius 1 is 1.31 bits per heavy atom. The first-order valence-corrected chi connectivity index (χ1v) is 4.90. The van der Waals surface area contributed by atoms with Crippen molar-refractivity contribution in [3.05, 3.63) is 42.5 Å². The lowest BCUT2D eigenvalue weighted by atomic mass is 10.1. The number of hydrogen-bond donors (Lipinski definition) is 1. The summed E-state index contributed by atoms with van der Waals surface area (Å²) in [5.41, 5.74) is 2.40. The van der Waals surface area contributed by atoms with E-state index >= 15 is 0 Å².